The zero-order chi connectivity index (χ0) is 28.1. The number of amides is 1. The molecule has 9 nitrogen and oxygen atoms in total. The quantitative estimate of drug-likeness (QED) is 0.394. The number of aromatic nitrogens is 3. The fraction of sp³-hybridized carbons (Fsp3) is 0.419. The maximum Gasteiger partial charge on any atom is 0.250 e. The molecule has 2 aromatic heterocycles. The number of benzene rings is 1. The number of carbonyl (C=O) groups excluding carboxylic acids is 1. The fourth-order valence-corrected chi connectivity index (χ4v) is 5.15. The molecule has 0 spiro atoms. The van der Waals surface area contributed by atoms with Crippen LogP contribution in [0.25, 0.3) is 17.5 Å². The van der Waals surface area contributed by atoms with Crippen LogP contribution in [0.5, 0.6) is 5.75 Å². The summed E-state index contributed by atoms with van der Waals surface area (Å²) in [4.78, 5) is 30.8. The van der Waals surface area contributed by atoms with Gasteiger partial charge in [0, 0.05) is 67.7 Å². The number of ether oxygens (including phenoxy) is 1. The molecule has 2 N–H and O–H groups in total. The molecule has 1 saturated heterocycles. The van der Waals surface area contributed by atoms with E-state index < -0.39 is 0 Å². The van der Waals surface area contributed by atoms with Gasteiger partial charge in [-0.05, 0) is 54.9 Å². The molecule has 210 valence electrons. The maximum absolute atomic E-state index is 13.1. The van der Waals surface area contributed by atoms with Crippen molar-refractivity contribution in [1.29, 1.82) is 0 Å². The van der Waals surface area contributed by atoms with Gasteiger partial charge >= 0.3 is 0 Å². The minimum atomic E-state index is -0.284. The van der Waals surface area contributed by atoms with E-state index in [0.717, 1.165) is 61.4 Å². The third-order valence-corrected chi connectivity index (χ3v) is 7.65. The molecule has 1 amide bonds. The smallest absolute Gasteiger partial charge is 0.250 e. The molecule has 1 unspecified atom stereocenters. The van der Waals surface area contributed by atoms with Gasteiger partial charge in [0.2, 0.25) is 11.9 Å². The van der Waals surface area contributed by atoms with Crippen molar-refractivity contribution in [3.8, 4) is 17.1 Å². The van der Waals surface area contributed by atoms with Crippen molar-refractivity contribution < 1.29 is 14.6 Å². The van der Waals surface area contributed by atoms with E-state index in [-0.39, 0.29) is 17.9 Å². The fourth-order valence-electron chi connectivity index (χ4n) is 5.15. The molecule has 2 aliphatic rings. The first kappa shape index (κ1) is 27.7. The predicted molar refractivity (Wildman–Crippen MR) is 156 cm³/mol. The van der Waals surface area contributed by atoms with Crippen LogP contribution in [0.4, 0.5) is 11.6 Å². The Bertz CT molecular complexity index is 1380. The summed E-state index contributed by atoms with van der Waals surface area (Å²) in [7, 11) is 2.09. The standard InChI is InChI=1S/C31H38N6O3/c1-4-9-31(2,20-38)21-40-26-7-10-32-28(19-26)27-8-11-33-30(35-27)34-25-6-5-22-16-24(17-23(22)18-25)29(39)37-14-12-36(3)13-15-37/h5-8,10-11,17-19,38H,4,9,12-16,20-21H2,1-3H3,(H,33,34,35). The molecule has 0 bridgehead atoms. The molecule has 1 aromatic carbocycles. The number of likely N-dealkylation sites (N-methyl/N-ethyl adjacent to an activating group) is 1. The number of pyridine rings is 1. The van der Waals surface area contributed by atoms with Crippen molar-refractivity contribution in [2.24, 2.45) is 5.41 Å². The minimum Gasteiger partial charge on any atom is -0.493 e. The number of piperazine rings is 1. The lowest BCUT2D eigenvalue weighted by atomic mass is 9.88. The number of carbonyl (C=O) groups is 1. The average Bonchev–Trinajstić information content (AvgIpc) is 3.40. The monoisotopic (exact) mass is 542 g/mol. The molecule has 3 heterocycles. The van der Waals surface area contributed by atoms with Gasteiger partial charge in [-0.1, -0.05) is 26.3 Å². The molecular weight excluding hydrogens is 504 g/mol. The molecule has 0 saturated carbocycles. The summed E-state index contributed by atoms with van der Waals surface area (Å²) in [6.45, 7) is 8.00. The molecule has 1 aliphatic carbocycles. The summed E-state index contributed by atoms with van der Waals surface area (Å²) in [6, 6.07) is 11.6. The van der Waals surface area contributed by atoms with Gasteiger partial charge in [-0.2, -0.15) is 0 Å². The van der Waals surface area contributed by atoms with Gasteiger partial charge in [0.15, 0.2) is 0 Å². The normalized spacial score (nSPS) is 16.7. The van der Waals surface area contributed by atoms with Crippen LogP contribution in [0.2, 0.25) is 0 Å². The molecule has 1 fully saturated rings. The Balaban J connectivity index is 1.26. The highest BCUT2D eigenvalue weighted by Gasteiger charge is 2.26. The first-order valence-corrected chi connectivity index (χ1v) is 14.0. The second-order valence-electron chi connectivity index (χ2n) is 11.1. The lowest BCUT2D eigenvalue weighted by Gasteiger charge is -2.32. The van der Waals surface area contributed by atoms with E-state index >= 15 is 0 Å². The Morgan fingerprint density at radius 2 is 1.88 bits per heavy atom. The van der Waals surface area contributed by atoms with Crippen molar-refractivity contribution in [1.82, 2.24) is 24.8 Å². The number of hydrogen-bond acceptors (Lipinski definition) is 8. The Morgan fingerprint density at radius 3 is 2.65 bits per heavy atom. The molecule has 3 aromatic rings. The van der Waals surface area contributed by atoms with Crippen LogP contribution in [0.3, 0.4) is 0 Å². The maximum atomic E-state index is 13.1. The van der Waals surface area contributed by atoms with Gasteiger partial charge in [-0.3, -0.25) is 9.78 Å². The summed E-state index contributed by atoms with van der Waals surface area (Å²) in [5.41, 5.74) is 4.95. The Morgan fingerprint density at radius 1 is 1.07 bits per heavy atom. The van der Waals surface area contributed by atoms with E-state index in [2.05, 4.69) is 45.2 Å². The number of rotatable bonds is 10. The Labute approximate surface area is 235 Å². The van der Waals surface area contributed by atoms with Crippen molar-refractivity contribution in [3.63, 3.8) is 0 Å². The summed E-state index contributed by atoms with van der Waals surface area (Å²) in [5.74, 6) is 1.28. The number of anilines is 2. The summed E-state index contributed by atoms with van der Waals surface area (Å²) in [5, 5.41) is 13.1. The number of fused-ring (bicyclic) bond motifs is 1. The van der Waals surface area contributed by atoms with Crippen LogP contribution in [-0.4, -0.2) is 82.2 Å². The van der Waals surface area contributed by atoms with Crippen molar-refractivity contribution in [2.45, 2.75) is 33.1 Å². The summed E-state index contributed by atoms with van der Waals surface area (Å²) < 4.78 is 6.02. The van der Waals surface area contributed by atoms with Crippen LogP contribution in [-0.2, 0) is 11.2 Å². The highest BCUT2D eigenvalue weighted by molar-refractivity contribution is 6.00. The van der Waals surface area contributed by atoms with E-state index in [4.69, 9.17) is 4.74 Å². The van der Waals surface area contributed by atoms with Crippen LogP contribution in [0.15, 0.2) is 54.4 Å². The predicted octanol–water partition coefficient (Wildman–Crippen LogP) is 4.17. The molecule has 0 radical (unpaired) electrons. The largest absolute Gasteiger partial charge is 0.493 e. The van der Waals surface area contributed by atoms with Crippen molar-refractivity contribution in [2.75, 3.05) is 51.8 Å². The highest BCUT2D eigenvalue weighted by Crippen LogP contribution is 2.30. The SMILES string of the molecule is CCCC(C)(CO)COc1ccnc(-c2ccnc(Nc3ccc4c(c3)C=C(C(=O)N3CCN(C)CC3)C4)n2)c1. The molecular formula is C31H38N6O3. The zero-order valence-corrected chi connectivity index (χ0v) is 23.6. The third-order valence-electron chi connectivity index (χ3n) is 7.65. The lowest BCUT2D eigenvalue weighted by Crippen LogP contribution is -2.47. The van der Waals surface area contributed by atoms with E-state index in [1.54, 1.807) is 12.4 Å². The number of nitrogens with one attached hydrogen (secondary N) is 1. The average molecular weight is 543 g/mol. The van der Waals surface area contributed by atoms with Gasteiger partial charge < -0.3 is 25.0 Å². The Kier molecular flexibility index (Phi) is 8.42. The lowest BCUT2D eigenvalue weighted by molar-refractivity contribution is -0.128. The Hall–Kier alpha value is -3.82. The van der Waals surface area contributed by atoms with Gasteiger partial charge in [-0.15, -0.1) is 0 Å². The second-order valence-corrected chi connectivity index (χ2v) is 11.1. The second kappa shape index (κ2) is 12.1. The molecule has 9 heteroatoms. The molecule has 1 atom stereocenters. The molecule has 40 heavy (non-hydrogen) atoms. The first-order valence-electron chi connectivity index (χ1n) is 14.0. The summed E-state index contributed by atoms with van der Waals surface area (Å²) >= 11 is 0. The van der Waals surface area contributed by atoms with Gasteiger partial charge in [-0.25, -0.2) is 9.97 Å². The first-order chi connectivity index (χ1) is 19.4. The van der Waals surface area contributed by atoms with Gasteiger partial charge in [0.05, 0.1) is 24.6 Å². The zero-order valence-electron chi connectivity index (χ0n) is 23.6. The van der Waals surface area contributed by atoms with Crippen molar-refractivity contribution in [3.05, 3.63) is 65.5 Å². The number of hydrogen-bond donors (Lipinski definition) is 2. The number of aliphatic hydroxyl groups is 1. The molecule has 1 aliphatic heterocycles. The van der Waals surface area contributed by atoms with Crippen LogP contribution in [0.1, 0.15) is 37.8 Å². The van der Waals surface area contributed by atoms with Crippen LogP contribution >= 0.6 is 0 Å². The minimum absolute atomic E-state index is 0.0755. The van der Waals surface area contributed by atoms with E-state index in [1.165, 1.54) is 0 Å². The summed E-state index contributed by atoms with van der Waals surface area (Å²) in [6.07, 6.45) is 7.93. The van der Waals surface area contributed by atoms with Crippen LogP contribution < -0.4 is 10.1 Å². The van der Waals surface area contributed by atoms with Gasteiger partial charge in [0.25, 0.3) is 0 Å². The number of aliphatic hydroxyl groups excluding tert-OH is 1. The van der Waals surface area contributed by atoms with E-state index in [0.29, 0.717) is 36.1 Å². The van der Waals surface area contributed by atoms with E-state index in [1.807, 2.05) is 48.2 Å². The van der Waals surface area contributed by atoms with Crippen LogP contribution in [0, 0.1) is 5.41 Å². The molecule has 5 rings (SSSR count). The third kappa shape index (κ3) is 6.48. The highest BCUT2D eigenvalue weighted by atomic mass is 16.5. The van der Waals surface area contributed by atoms with E-state index in [9.17, 15) is 9.90 Å². The number of nitrogens with zero attached hydrogens (tertiary/aromatic N) is 5. The van der Waals surface area contributed by atoms with Crippen molar-refractivity contribution >= 4 is 23.6 Å². The topological polar surface area (TPSA) is 104 Å². The van der Waals surface area contributed by atoms with Gasteiger partial charge in [0.1, 0.15) is 5.75 Å².